The molecule has 0 heterocycles. The first-order chi connectivity index (χ1) is 10.1. The molecule has 5 nitrogen and oxygen atoms in total. The summed E-state index contributed by atoms with van der Waals surface area (Å²) in [5, 5.41) is 9.11. The van der Waals surface area contributed by atoms with Crippen LogP contribution in [0.25, 0.3) is 0 Å². The van der Waals surface area contributed by atoms with Crippen molar-refractivity contribution in [3.05, 3.63) is 24.3 Å². The van der Waals surface area contributed by atoms with E-state index in [9.17, 15) is 9.59 Å². The summed E-state index contributed by atoms with van der Waals surface area (Å²) in [7, 11) is 0. The number of phenols is 1. The van der Waals surface area contributed by atoms with E-state index in [2.05, 4.69) is 0 Å². The van der Waals surface area contributed by atoms with Crippen molar-refractivity contribution < 1.29 is 24.2 Å². The predicted octanol–water partition coefficient (Wildman–Crippen LogP) is 3.20. The Kier molecular flexibility index (Phi) is 7.94. The van der Waals surface area contributed by atoms with E-state index in [-0.39, 0.29) is 24.1 Å². The van der Waals surface area contributed by atoms with Gasteiger partial charge in [-0.3, -0.25) is 9.59 Å². The maximum absolute atomic E-state index is 11.6. The van der Waals surface area contributed by atoms with E-state index < -0.39 is 0 Å². The van der Waals surface area contributed by atoms with Gasteiger partial charge in [0.25, 0.3) is 0 Å². The van der Waals surface area contributed by atoms with E-state index in [4.69, 9.17) is 14.6 Å². The van der Waals surface area contributed by atoms with E-state index in [0.717, 1.165) is 12.8 Å². The second-order valence-electron chi connectivity index (χ2n) is 4.75. The Bertz CT molecular complexity index is 438. The van der Waals surface area contributed by atoms with Gasteiger partial charge in [-0.05, 0) is 43.5 Å². The Morgan fingerprint density at radius 3 is 2.24 bits per heavy atom. The third-order valence-electron chi connectivity index (χ3n) is 2.84. The summed E-state index contributed by atoms with van der Waals surface area (Å²) >= 11 is 0. The molecule has 0 aromatic heterocycles. The van der Waals surface area contributed by atoms with Gasteiger partial charge in [0.2, 0.25) is 0 Å². The van der Waals surface area contributed by atoms with Crippen molar-refractivity contribution in [3.63, 3.8) is 0 Å². The van der Waals surface area contributed by atoms with E-state index in [1.165, 1.54) is 24.3 Å². The van der Waals surface area contributed by atoms with Crippen molar-refractivity contribution in [2.24, 2.45) is 0 Å². The lowest BCUT2D eigenvalue weighted by Crippen LogP contribution is -2.09. The first kappa shape index (κ1) is 17.0. The number of carbonyl (C=O) groups excluding carboxylic acids is 2. The molecule has 0 unspecified atom stereocenters. The monoisotopic (exact) mass is 294 g/mol. The Labute approximate surface area is 124 Å². The maximum Gasteiger partial charge on any atom is 0.311 e. The molecule has 1 aromatic carbocycles. The maximum atomic E-state index is 11.6. The molecule has 0 spiro atoms. The van der Waals surface area contributed by atoms with Crippen LogP contribution in [0.3, 0.4) is 0 Å². The third-order valence-corrected chi connectivity index (χ3v) is 2.84. The second-order valence-corrected chi connectivity index (χ2v) is 4.75. The number of carbonyl (C=O) groups is 2. The first-order valence-electron chi connectivity index (χ1n) is 7.27. The summed E-state index contributed by atoms with van der Waals surface area (Å²) in [5.74, 6) is -0.0384. The van der Waals surface area contributed by atoms with Crippen molar-refractivity contribution in [2.45, 2.75) is 45.4 Å². The molecule has 0 radical (unpaired) electrons. The minimum Gasteiger partial charge on any atom is -0.508 e. The van der Waals surface area contributed by atoms with Gasteiger partial charge in [0.05, 0.1) is 6.61 Å². The van der Waals surface area contributed by atoms with Crippen molar-refractivity contribution >= 4 is 11.9 Å². The molecule has 116 valence electrons. The fourth-order valence-corrected chi connectivity index (χ4v) is 1.64. The number of unbranched alkanes of at least 4 members (excludes halogenated alkanes) is 2. The van der Waals surface area contributed by atoms with E-state index in [0.29, 0.717) is 31.6 Å². The summed E-state index contributed by atoms with van der Waals surface area (Å²) in [4.78, 5) is 22.9. The number of phenolic OH excluding ortho intramolecular Hbond substituents is 1. The van der Waals surface area contributed by atoms with Crippen LogP contribution in [0.15, 0.2) is 24.3 Å². The van der Waals surface area contributed by atoms with Crippen LogP contribution >= 0.6 is 0 Å². The molecule has 0 aliphatic heterocycles. The Hall–Kier alpha value is -2.04. The zero-order valence-corrected chi connectivity index (χ0v) is 12.3. The number of hydrogen-bond acceptors (Lipinski definition) is 5. The molecule has 0 amide bonds. The van der Waals surface area contributed by atoms with Gasteiger partial charge in [-0.1, -0.05) is 13.3 Å². The molecule has 1 N–H and O–H groups in total. The smallest absolute Gasteiger partial charge is 0.311 e. The lowest BCUT2D eigenvalue weighted by molar-refractivity contribution is -0.144. The van der Waals surface area contributed by atoms with Gasteiger partial charge in [-0.15, -0.1) is 0 Å². The Balaban J connectivity index is 2.10. The molecular weight excluding hydrogens is 272 g/mol. The van der Waals surface area contributed by atoms with Crippen LogP contribution in [-0.4, -0.2) is 23.7 Å². The SMILES string of the molecule is CCCCOC(=O)CCCCC(=O)Oc1ccc(O)cc1. The summed E-state index contributed by atoms with van der Waals surface area (Å²) in [6.45, 7) is 2.51. The highest BCUT2D eigenvalue weighted by Gasteiger charge is 2.07. The molecule has 0 atom stereocenters. The van der Waals surface area contributed by atoms with Crippen molar-refractivity contribution in [1.29, 1.82) is 0 Å². The van der Waals surface area contributed by atoms with Gasteiger partial charge >= 0.3 is 11.9 Å². The average molecular weight is 294 g/mol. The van der Waals surface area contributed by atoms with Gasteiger partial charge < -0.3 is 14.6 Å². The fourth-order valence-electron chi connectivity index (χ4n) is 1.64. The van der Waals surface area contributed by atoms with Gasteiger partial charge in [0, 0.05) is 12.8 Å². The molecule has 0 saturated heterocycles. The topological polar surface area (TPSA) is 72.8 Å². The van der Waals surface area contributed by atoms with Crippen LogP contribution in [0, 0.1) is 0 Å². The first-order valence-corrected chi connectivity index (χ1v) is 7.27. The molecule has 0 aliphatic rings. The van der Waals surface area contributed by atoms with Crippen LogP contribution in [0.4, 0.5) is 0 Å². The Morgan fingerprint density at radius 2 is 1.62 bits per heavy atom. The standard InChI is InChI=1S/C16H22O5/c1-2-3-12-20-15(18)6-4-5-7-16(19)21-14-10-8-13(17)9-11-14/h8-11,17H,2-7,12H2,1H3. The van der Waals surface area contributed by atoms with Crippen molar-refractivity contribution in [1.82, 2.24) is 0 Å². The second kappa shape index (κ2) is 9.80. The number of hydrogen-bond donors (Lipinski definition) is 1. The van der Waals surface area contributed by atoms with E-state index in [1.54, 1.807) is 0 Å². The normalized spacial score (nSPS) is 10.1. The third kappa shape index (κ3) is 7.97. The summed E-state index contributed by atoms with van der Waals surface area (Å²) < 4.78 is 10.1. The lowest BCUT2D eigenvalue weighted by Gasteiger charge is -2.05. The highest BCUT2D eigenvalue weighted by Crippen LogP contribution is 2.16. The van der Waals surface area contributed by atoms with Crippen LogP contribution in [0.1, 0.15) is 45.4 Å². The minimum absolute atomic E-state index is 0.122. The minimum atomic E-state index is -0.347. The zero-order chi connectivity index (χ0) is 15.5. The van der Waals surface area contributed by atoms with Crippen LogP contribution in [-0.2, 0) is 14.3 Å². The molecule has 0 aliphatic carbocycles. The predicted molar refractivity (Wildman–Crippen MR) is 78.1 cm³/mol. The molecular formula is C16H22O5. The van der Waals surface area contributed by atoms with E-state index in [1.807, 2.05) is 6.92 Å². The van der Waals surface area contributed by atoms with Gasteiger partial charge in [0.1, 0.15) is 11.5 Å². The number of aromatic hydroxyl groups is 1. The summed E-state index contributed by atoms with van der Waals surface area (Å²) in [6.07, 6.45) is 3.65. The van der Waals surface area contributed by atoms with Crippen LogP contribution in [0.5, 0.6) is 11.5 Å². The van der Waals surface area contributed by atoms with Crippen LogP contribution in [0.2, 0.25) is 0 Å². The molecule has 21 heavy (non-hydrogen) atoms. The summed E-state index contributed by atoms with van der Waals surface area (Å²) in [5.41, 5.74) is 0. The van der Waals surface area contributed by atoms with Crippen molar-refractivity contribution in [2.75, 3.05) is 6.61 Å². The highest BCUT2D eigenvalue weighted by molar-refractivity contribution is 5.72. The number of benzene rings is 1. The quantitative estimate of drug-likeness (QED) is 0.430. The molecule has 0 saturated carbocycles. The number of ether oxygens (including phenoxy) is 2. The van der Waals surface area contributed by atoms with Crippen LogP contribution < -0.4 is 4.74 Å². The number of esters is 2. The van der Waals surface area contributed by atoms with Crippen molar-refractivity contribution in [3.8, 4) is 11.5 Å². The largest absolute Gasteiger partial charge is 0.508 e. The molecule has 1 rings (SSSR count). The molecule has 0 bridgehead atoms. The fraction of sp³-hybridized carbons (Fsp3) is 0.500. The van der Waals surface area contributed by atoms with Gasteiger partial charge in [-0.2, -0.15) is 0 Å². The summed E-state index contributed by atoms with van der Waals surface area (Å²) in [6, 6.07) is 5.96. The molecule has 5 heteroatoms. The molecule has 1 aromatic rings. The average Bonchev–Trinajstić information content (AvgIpc) is 2.46. The van der Waals surface area contributed by atoms with E-state index >= 15 is 0 Å². The zero-order valence-electron chi connectivity index (χ0n) is 12.3. The van der Waals surface area contributed by atoms with Gasteiger partial charge in [0.15, 0.2) is 0 Å². The Morgan fingerprint density at radius 1 is 1.00 bits per heavy atom. The van der Waals surface area contributed by atoms with Gasteiger partial charge in [-0.25, -0.2) is 0 Å². The highest BCUT2D eigenvalue weighted by atomic mass is 16.5. The molecule has 0 fully saturated rings. The number of rotatable bonds is 9. The lowest BCUT2D eigenvalue weighted by atomic mass is 10.2.